The Balaban J connectivity index is 3.26. The quantitative estimate of drug-likeness (QED) is 0.207. The first-order chi connectivity index (χ1) is 9.87. The Hall–Kier alpha value is 0.280. The molecule has 0 saturated carbocycles. The molecule has 0 aliphatic heterocycles. The Labute approximate surface area is 143 Å². The summed E-state index contributed by atoms with van der Waals surface area (Å²) in [6, 6.07) is 5.35. The number of anilines is 1. The molecule has 0 spiro atoms. The van der Waals surface area contributed by atoms with Crippen LogP contribution in [0.4, 0.5) is 5.69 Å². The van der Waals surface area contributed by atoms with E-state index >= 15 is 0 Å². The van der Waals surface area contributed by atoms with E-state index in [0.29, 0.717) is 5.69 Å². The van der Waals surface area contributed by atoms with E-state index in [1.807, 2.05) is 39.0 Å². The molecule has 8 heteroatoms. The lowest BCUT2D eigenvalue weighted by molar-refractivity contribution is 0.366. The summed E-state index contributed by atoms with van der Waals surface area (Å²) in [5, 5.41) is 0. The summed E-state index contributed by atoms with van der Waals surface area (Å²) < 4.78 is 13.1. The Kier molecular flexibility index (Phi) is 6.88. The second-order valence-electron chi connectivity index (χ2n) is 6.22. The highest BCUT2D eigenvalue weighted by molar-refractivity contribution is 7.90. The van der Waals surface area contributed by atoms with E-state index in [1.54, 1.807) is 6.08 Å². The van der Waals surface area contributed by atoms with Crippen LogP contribution in [-0.4, -0.2) is 13.7 Å². The molecule has 0 radical (unpaired) electrons. The second kappa shape index (κ2) is 7.45. The summed E-state index contributed by atoms with van der Waals surface area (Å²) in [6.45, 7) is 9.48. The van der Waals surface area contributed by atoms with Gasteiger partial charge in [-0.25, -0.2) is 5.84 Å². The summed E-state index contributed by atoms with van der Waals surface area (Å²) in [5.41, 5.74) is 8.51. The van der Waals surface area contributed by atoms with Gasteiger partial charge in [-0.15, -0.1) is 34.3 Å². The average molecular weight is 377 g/mol. The van der Waals surface area contributed by atoms with Crippen LogP contribution < -0.4 is 11.6 Å². The third-order valence-electron chi connectivity index (χ3n) is 3.03. The molecule has 124 valence electrons. The van der Waals surface area contributed by atoms with E-state index in [-0.39, 0.29) is 10.7 Å². The zero-order valence-corrected chi connectivity index (χ0v) is 17.5. The van der Waals surface area contributed by atoms with Gasteiger partial charge in [0.25, 0.3) is 0 Å². The van der Waals surface area contributed by atoms with Gasteiger partial charge in [0.05, 0.1) is 11.4 Å². The van der Waals surface area contributed by atoms with Gasteiger partial charge in [0.15, 0.2) is 0 Å². The zero-order valence-electron chi connectivity index (χ0n) is 13.2. The van der Waals surface area contributed by atoms with Gasteiger partial charge in [-0.1, -0.05) is 16.6 Å². The number of nitrogens with zero attached hydrogens (tertiary/aromatic N) is 1. The SMILES string of the molecule is C=CC(c1cc(N)cc(C(P)(P)P)c1)N(N)[S+]([O-])C(C)(C)C. The van der Waals surface area contributed by atoms with Gasteiger partial charge in [0, 0.05) is 10.3 Å². The molecule has 4 N–H and O–H groups in total. The number of nitrogens with two attached hydrogens (primary N) is 2. The molecular weight excluding hydrogens is 351 g/mol. The topological polar surface area (TPSA) is 78.3 Å². The number of rotatable bonds is 5. The first-order valence-corrected chi connectivity index (χ1v) is 9.58. The van der Waals surface area contributed by atoms with E-state index < -0.39 is 16.1 Å². The van der Waals surface area contributed by atoms with Gasteiger partial charge in [0.2, 0.25) is 0 Å². The summed E-state index contributed by atoms with van der Waals surface area (Å²) in [4.78, 5) is 0. The molecule has 0 aliphatic carbocycles. The summed E-state index contributed by atoms with van der Waals surface area (Å²) in [5.74, 6) is 6.10. The maximum atomic E-state index is 12.5. The lowest BCUT2D eigenvalue weighted by Gasteiger charge is -2.33. The van der Waals surface area contributed by atoms with Crippen LogP contribution in [-0.2, 0) is 16.0 Å². The standard InChI is InChI=1S/C14H26N3OP3S/c1-5-12(17(16)22(18)13(2,3)4)9-6-10(14(19,20)21)8-11(15)7-9/h5-8,12H,1,15-16,19-21H2,2-4H3. The molecule has 1 aromatic carbocycles. The second-order valence-corrected chi connectivity index (χ2v) is 13.2. The molecule has 0 fully saturated rings. The predicted octanol–water partition coefficient (Wildman–Crippen LogP) is 2.87. The van der Waals surface area contributed by atoms with Crippen molar-refractivity contribution in [3.05, 3.63) is 42.0 Å². The fourth-order valence-electron chi connectivity index (χ4n) is 1.90. The average Bonchev–Trinajstić information content (AvgIpc) is 2.35. The number of hydrogen-bond donors (Lipinski definition) is 2. The highest BCUT2D eigenvalue weighted by Gasteiger charge is 2.36. The van der Waals surface area contributed by atoms with Crippen molar-refractivity contribution in [1.82, 2.24) is 4.41 Å². The van der Waals surface area contributed by atoms with Crippen molar-refractivity contribution in [2.24, 2.45) is 5.84 Å². The van der Waals surface area contributed by atoms with Crippen LogP contribution >= 0.6 is 27.7 Å². The van der Waals surface area contributed by atoms with Gasteiger partial charge in [0.1, 0.15) is 10.8 Å². The first kappa shape index (κ1) is 20.3. The van der Waals surface area contributed by atoms with Crippen LogP contribution in [0.25, 0.3) is 0 Å². The first-order valence-electron chi connectivity index (χ1n) is 6.74. The fourth-order valence-corrected chi connectivity index (χ4v) is 3.45. The largest absolute Gasteiger partial charge is 0.596 e. The van der Waals surface area contributed by atoms with Crippen molar-refractivity contribution in [1.29, 1.82) is 0 Å². The molecular formula is C14H26N3OP3S. The van der Waals surface area contributed by atoms with Gasteiger partial charge < -0.3 is 10.3 Å². The number of hydrogen-bond acceptors (Lipinski definition) is 4. The summed E-state index contributed by atoms with van der Waals surface area (Å²) in [6.07, 6.45) is 1.68. The highest BCUT2D eigenvalue weighted by Crippen LogP contribution is 2.46. The minimum Gasteiger partial charge on any atom is -0.596 e. The smallest absolute Gasteiger partial charge is 0.138 e. The van der Waals surface area contributed by atoms with Crippen LogP contribution in [0.3, 0.4) is 0 Å². The molecule has 22 heavy (non-hydrogen) atoms. The molecule has 0 bridgehead atoms. The molecule has 0 saturated heterocycles. The van der Waals surface area contributed by atoms with Crippen LogP contribution in [0.15, 0.2) is 30.9 Å². The maximum absolute atomic E-state index is 12.5. The molecule has 0 aromatic heterocycles. The lowest BCUT2D eigenvalue weighted by Crippen LogP contribution is -2.48. The summed E-state index contributed by atoms with van der Waals surface area (Å²) in [7, 11) is 8.17. The van der Waals surface area contributed by atoms with Crippen LogP contribution in [0.2, 0.25) is 0 Å². The van der Waals surface area contributed by atoms with Crippen molar-refractivity contribution in [3.8, 4) is 0 Å². The molecule has 5 unspecified atom stereocenters. The number of hydrazine groups is 1. The number of benzene rings is 1. The molecule has 1 rings (SSSR count). The zero-order chi connectivity index (χ0) is 17.3. The van der Waals surface area contributed by atoms with E-state index in [4.69, 9.17) is 11.6 Å². The fraction of sp³-hybridized carbons (Fsp3) is 0.429. The van der Waals surface area contributed by atoms with E-state index in [2.05, 4.69) is 34.3 Å². The van der Waals surface area contributed by atoms with Crippen molar-refractivity contribution < 1.29 is 4.55 Å². The Morgan fingerprint density at radius 3 is 2.23 bits per heavy atom. The lowest BCUT2D eigenvalue weighted by atomic mass is 10.0. The minimum atomic E-state index is -1.36. The van der Waals surface area contributed by atoms with Crippen LogP contribution in [0.1, 0.15) is 37.9 Å². The third kappa shape index (κ3) is 5.14. The van der Waals surface area contributed by atoms with Gasteiger partial charge in [-0.2, -0.15) is 0 Å². The monoisotopic (exact) mass is 377 g/mol. The van der Waals surface area contributed by atoms with E-state index in [9.17, 15) is 4.55 Å². The van der Waals surface area contributed by atoms with Crippen molar-refractivity contribution in [2.75, 3.05) is 5.73 Å². The van der Waals surface area contributed by atoms with Crippen molar-refractivity contribution >= 4 is 44.8 Å². The Morgan fingerprint density at radius 2 is 1.82 bits per heavy atom. The van der Waals surface area contributed by atoms with Gasteiger partial charge in [-0.3, -0.25) is 0 Å². The predicted molar refractivity (Wildman–Crippen MR) is 109 cm³/mol. The van der Waals surface area contributed by atoms with E-state index in [0.717, 1.165) is 11.1 Å². The van der Waals surface area contributed by atoms with E-state index in [1.165, 1.54) is 4.41 Å². The molecule has 4 nitrogen and oxygen atoms in total. The molecule has 0 amide bonds. The number of nitrogen functional groups attached to an aromatic ring is 1. The maximum Gasteiger partial charge on any atom is 0.138 e. The summed E-state index contributed by atoms with van der Waals surface area (Å²) >= 11 is -1.36. The molecule has 0 aliphatic rings. The molecule has 5 atom stereocenters. The van der Waals surface area contributed by atoms with Gasteiger partial charge >= 0.3 is 0 Å². The molecule has 0 heterocycles. The highest BCUT2D eigenvalue weighted by atomic mass is 32.2. The Bertz CT molecular complexity index is 543. The van der Waals surface area contributed by atoms with Crippen molar-refractivity contribution in [2.45, 2.75) is 36.2 Å². The molecule has 1 aromatic rings. The van der Waals surface area contributed by atoms with Crippen LogP contribution in [0, 0.1) is 0 Å². The third-order valence-corrected chi connectivity index (χ3v) is 5.69. The van der Waals surface area contributed by atoms with Crippen LogP contribution in [0.5, 0.6) is 0 Å². The van der Waals surface area contributed by atoms with Gasteiger partial charge in [-0.05, 0) is 44.0 Å². The normalized spacial score (nSPS) is 15.7. The minimum absolute atomic E-state index is 0.279. The Morgan fingerprint density at radius 1 is 1.27 bits per heavy atom. The van der Waals surface area contributed by atoms with Crippen molar-refractivity contribution in [3.63, 3.8) is 0 Å².